The van der Waals surface area contributed by atoms with Crippen LogP contribution in [0.2, 0.25) is 0 Å². The summed E-state index contributed by atoms with van der Waals surface area (Å²) in [5.41, 5.74) is 10.7. The van der Waals surface area contributed by atoms with Gasteiger partial charge in [0.2, 0.25) is 11.6 Å². The molecule has 0 aromatic heterocycles. The lowest BCUT2D eigenvalue weighted by molar-refractivity contribution is -0.134. The quantitative estimate of drug-likeness (QED) is 0.297. The zero-order valence-corrected chi connectivity index (χ0v) is 18.4. The van der Waals surface area contributed by atoms with E-state index in [1.807, 2.05) is 5.32 Å². The van der Waals surface area contributed by atoms with E-state index in [0.717, 1.165) is 0 Å². The summed E-state index contributed by atoms with van der Waals surface area (Å²) in [5.74, 6) is -2.09. The molecule has 4 atom stereocenters. The number of hydrogen-bond donors (Lipinski definition) is 4. The predicted molar refractivity (Wildman–Crippen MR) is 106 cm³/mol. The van der Waals surface area contributed by atoms with Crippen molar-refractivity contribution in [1.29, 1.82) is 0 Å². The van der Waals surface area contributed by atoms with E-state index in [2.05, 4.69) is 0 Å². The molecule has 0 fully saturated rings. The van der Waals surface area contributed by atoms with Gasteiger partial charge in [-0.1, -0.05) is 13.8 Å². The first-order valence-corrected chi connectivity index (χ1v) is 11.1. The number of nitrogens with two attached hydrogens (primary N) is 2. The van der Waals surface area contributed by atoms with Gasteiger partial charge >= 0.3 is 19.4 Å². The molecule has 0 aliphatic carbocycles. The van der Waals surface area contributed by atoms with Crippen molar-refractivity contribution in [3.05, 3.63) is 0 Å². The Labute approximate surface area is 165 Å². The monoisotopic (exact) mass is 424 g/mol. The first-order chi connectivity index (χ1) is 12.2. The third-order valence-electron chi connectivity index (χ3n) is 3.67. The molecule has 0 saturated carbocycles. The number of hydrogen-bond acceptors (Lipinski definition) is 8. The first kappa shape index (κ1) is 25.9. The maximum absolute atomic E-state index is 13.0. The van der Waals surface area contributed by atoms with Crippen LogP contribution in [0.4, 0.5) is 4.79 Å². The molecule has 6 N–H and O–H groups in total. The predicted octanol–water partition coefficient (Wildman–Crippen LogP) is 1.14. The van der Waals surface area contributed by atoms with E-state index in [4.69, 9.17) is 16.2 Å². The Morgan fingerprint density at radius 3 is 2.07 bits per heavy atom. The van der Waals surface area contributed by atoms with Gasteiger partial charge < -0.3 is 16.2 Å². The van der Waals surface area contributed by atoms with Crippen LogP contribution in [-0.2, 0) is 18.9 Å². The summed E-state index contributed by atoms with van der Waals surface area (Å²) in [6.07, 6.45) is 0.774. The maximum atomic E-state index is 13.0. The van der Waals surface area contributed by atoms with E-state index >= 15 is 0 Å². The molecule has 0 aromatic rings. The number of alkyl carbamates (subject to hydrolysis) is 1. The normalized spacial score (nSPS) is 16.9. The number of ketones is 2. The lowest BCUT2D eigenvalue weighted by atomic mass is 9.90. The topological polar surface area (TPSA) is 162 Å². The van der Waals surface area contributed by atoms with Gasteiger partial charge in [-0.25, -0.2) is 4.79 Å². The van der Waals surface area contributed by atoms with Gasteiger partial charge in [0, 0.05) is 0 Å². The fourth-order valence-corrected chi connectivity index (χ4v) is 3.49. The van der Waals surface area contributed by atoms with E-state index in [9.17, 15) is 23.8 Å². The van der Waals surface area contributed by atoms with Gasteiger partial charge in [0.25, 0.3) is 0 Å². The van der Waals surface area contributed by atoms with Crippen LogP contribution in [-0.4, -0.2) is 57.5 Å². The molecule has 0 aliphatic rings. The number of ether oxygens (including phenoxy) is 1. The molecule has 0 heterocycles. The molecule has 156 valence electrons. The van der Waals surface area contributed by atoms with Crippen molar-refractivity contribution in [1.82, 2.24) is 5.32 Å². The smallest absolute Gasteiger partial charge is 0.444 e. The van der Waals surface area contributed by atoms with E-state index in [1.54, 1.807) is 40.9 Å². The summed E-state index contributed by atoms with van der Waals surface area (Å²) in [6.45, 7) is 7.94. The fraction of sp³-hybridized carbons (Fsp3) is 0.812. The molecule has 0 aliphatic heterocycles. The minimum Gasteiger partial charge on any atom is -0.444 e. The van der Waals surface area contributed by atoms with Crippen LogP contribution in [0.25, 0.3) is 0 Å². The molecular formula is C16H31N3O6PS+. The number of nitrogens with one attached hydrogen (secondary N) is 1. The highest BCUT2D eigenvalue weighted by Gasteiger charge is 2.66. The summed E-state index contributed by atoms with van der Waals surface area (Å²) < 4.78 is 17.3. The lowest BCUT2D eigenvalue weighted by Crippen LogP contribution is -2.66. The third-order valence-corrected chi connectivity index (χ3v) is 5.44. The zero-order chi connectivity index (χ0) is 21.6. The van der Waals surface area contributed by atoms with Gasteiger partial charge in [-0.05, 0) is 49.7 Å². The highest BCUT2D eigenvalue weighted by atomic mass is 32.2. The summed E-state index contributed by atoms with van der Waals surface area (Å²) in [4.78, 5) is 48.1. The molecule has 27 heavy (non-hydrogen) atoms. The molecule has 0 rings (SSSR count). The van der Waals surface area contributed by atoms with Crippen LogP contribution < -0.4 is 16.8 Å². The molecule has 9 nitrogen and oxygen atoms in total. The van der Waals surface area contributed by atoms with Crippen LogP contribution in [0.3, 0.4) is 0 Å². The van der Waals surface area contributed by atoms with E-state index in [-0.39, 0.29) is 6.42 Å². The molecule has 11 heteroatoms. The third kappa shape index (κ3) is 7.12. The highest BCUT2D eigenvalue weighted by molar-refractivity contribution is 7.98. The van der Waals surface area contributed by atoms with Crippen LogP contribution in [0.15, 0.2) is 0 Å². The fourth-order valence-electron chi connectivity index (χ4n) is 2.12. The second-order valence-electron chi connectivity index (χ2n) is 7.50. The van der Waals surface area contributed by atoms with Crippen molar-refractivity contribution in [2.45, 2.75) is 64.0 Å². The van der Waals surface area contributed by atoms with Gasteiger partial charge in [-0.2, -0.15) is 16.7 Å². The highest BCUT2D eigenvalue weighted by Crippen LogP contribution is 2.38. The van der Waals surface area contributed by atoms with Crippen LogP contribution in [0.1, 0.15) is 41.0 Å². The van der Waals surface area contributed by atoms with Crippen molar-refractivity contribution in [2.75, 3.05) is 12.0 Å². The zero-order valence-electron chi connectivity index (χ0n) is 16.6. The van der Waals surface area contributed by atoms with Gasteiger partial charge in [0.15, 0.2) is 0 Å². The van der Waals surface area contributed by atoms with Crippen molar-refractivity contribution in [3.63, 3.8) is 0 Å². The number of rotatable bonds is 10. The van der Waals surface area contributed by atoms with Crippen LogP contribution >= 0.6 is 19.8 Å². The number of carbonyl (C=O) groups excluding carboxylic acids is 3. The maximum Gasteiger partial charge on any atom is 0.551 e. The van der Waals surface area contributed by atoms with Crippen LogP contribution in [0.5, 0.6) is 0 Å². The summed E-state index contributed by atoms with van der Waals surface area (Å²) >= 11 is 1.42. The average molecular weight is 424 g/mol. The van der Waals surface area contributed by atoms with Crippen molar-refractivity contribution in [3.8, 4) is 0 Å². The van der Waals surface area contributed by atoms with E-state index in [0.29, 0.717) is 5.75 Å². The Morgan fingerprint density at radius 2 is 1.70 bits per heavy atom. The summed E-state index contributed by atoms with van der Waals surface area (Å²) in [6, 6.07) is -2.50. The Morgan fingerprint density at radius 1 is 1.19 bits per heavy atom. The lowest BCUT2D eigenvalue weighted by Gasteiger charge is -2.28. The van der Waals surface area contributed by atoms with E-state index in [1.165, 1.54) is 11.8 Å². The number of Topliss-reactive ketones (excluding diaryl/α,β-unsaturated/α-hetero) is 2. The second kappa shape index (κ2) is 10.5. The molecule has 0 saturated heterocycles. The molecule has 2 unspecified atom stereocenters. The van der Waals surface area contributed by atoms with Gasteiger partial charge in [-0.15, -0.1) is 0 Å². The minimum absolute atomic E-state index is 0.158. The molecule has 0 spiro atoms. The number of amides is 1. The summed E-state index contributed by atoms with van der Waals surface area (Å²) in [5, 5.41) is -0.746. The molecule has 0 aromatic carbocycles. The van der Waals surface area contributed by atoms with E-state index < -0.39 is 54.6 Å². The van der Waals surface area contributed by atoms with Gasteiger partial charge in [-0.3, -0.25) is 14.9 Å². The molecule has 1 amide bonds. The first-order valence-electron chi connectivity index (χ1n) is 8.46. The molecular weight excluding hydrogens is 393 g/mol. The standard InChI is InChI=1S/C16H30N3O6PS/c1-9(2)11(18)13(21)16(26(23)24,12(20)10(17)7-8-27-6)19-14(22)25-15(3,4)5/h9-11H,7-8,17-18H2,1-6H3,(H-,19,22,23,24)/p+1/t10-,11-,16?/m0/s1. The minimum atomic E-state index is -3.53. The van der Waals surface area contributed by atoms with Crippen molar-refractivity contribution in [2.24, 2.45) is 17.4 Å². The van der Waals surface area contributed by atoms with Crippen LogP contribution in [0, 0.1) is 5.92 Å². The Kier molecular flexibility index (Phi) is 10.1. The Balaban J connectivity index is 6.14. The number of thioether (sulfide) groups is 1. The van der Waals surface area contributed by atoms with Crippen molar-refractivity contribution >= 4 is 37.4 Å². The SMILES string of the molecule is CSCC[C@H](N)C(=O)C(NC(=O)OC(C)(C)C)(C(=O)[C@@H](N)C(C)C)[P+](=O)O. The largest absolute Gasteiger partial charge is 0.551 e. The Bertz CT molecular complexity index is 581. The second-order valence-corrected chi connectivity index (χ2v) is 9.70. The average Bonchev–Trinajstić information content (AvgIpc) is 2.53. The van der Waals surface area contributed by atoms with Gasteiger partial charge in [0.1, 0.15) is 5.60 Å². The summed E-state index contributed by atoms with van der Waals surface area (Å²) in [7, 11) is -3.53. The Hall–Kier alpha value is -1.06. The van der Waals surface area contributed by atoms with Crippen molar-refractivity contribution < 1.29 is 28.6 Å². The molecule has 0 radical (unpaired) electrons. The number of carbonyl (C=O) groups is 3. The van der Waals surface area contributed by atoms with Gasteiger partial charge in [0.05, 0.1) is 12.1 Å². The molecule has 0 bridgehead atoms.